The number of aromatic nitrogens is 1. The summed E-state index contributed by atoms with van der Waals surface area (Å²) in [5.41, 5.74) is 16.9. The molecule has 0 saturated heterocycles. The monoisotopic (exact) mass is 431 g/mol. The van der Waals surface area contributed by atoms with E-state index in [1.165, 1.54) is 5.56 Å². The standard InChI is InChI=1S/C24H25N5OS/c1-4-29(5-2)15-8-11-17-19(12-15)30-24-20(21(26)18(13-25)23(27)28-24)22(17)31-16-9-6-14(3)7-10-16/h6-12,22H,4-5H2,1-3H3,(H4,26,27,28). The van der Waals surface area contributed by atoms with E-state index in [0.29, 0.717) is 17.1 Å². The maximum atomic E-state index is 9.55. The second-order valence-corrected chi connectivity index (χ2v) is 8.60. The number of thioether (sulfide) groups is 1. The molecule has 0 amide bonds. The molecule has 0 fully saturated rings. The summed E-state index contributed by atoms with van der Waals surface area (Å²) in [6.07, 6.45) is 0. The lowest BCUT2D eigenvalue weighted by atomic mass is 9.98. The van der Waals surface area contributed by atoms with E-state index >= 15 is 0 Å². The van der Waals surface area contributed by atoms with Crippen molar-refractivity contribution in [3.05, 3.63) is 64.7 Å². The second-order valence-electron chi connectivity index (χ2n) is 7.42. The predicted octanol–water partition coefficient (Wildman–Crippen LogP) is 5.26. The zero-order valence-electron chi connectivity index (χ0n) is 17.8. The Morgan fingerprint density at radius 1 is 1.13 bits per heavy atom. The van der Waals surface area contributed by atoms with Gasteiger partial charge in [-0.15, -0.1) is 11.8 Å². The van der Waals surface area contributed by atoms with Crippen LogP contribution in [0.4, 0.5) is 17.2 Å². The number of aryl methyl sites for hydroxylation is 1. The molecular weight excluding hydrogens is 406 g/mol. The summed E-state index contributed by atoms with van der Waals surface area (Å²) in [5.74, 6) is 1.18. The lowest BCUT2D eigenvalue weighted by molar-refractivity contribution is 0.441. The minimum Gasteiger partial charge on any atom is -0.438 e. The number of rotatable bonds is 5. The zero-order valence-corrected chi connectivity index (χ0v) is 18.7. The van der Waals surface area contributed by atoms with Gasteiger partial charge in [0, 0.05) is 35.3 Å². The van der Waals surface area contributed by atoms with E-state index in [1.54, 1.807) is 11.8 Å². The van der Waals surface area contributed by atoms with Crippen LogP contribution >= 0.6 is 11.8 Å². The molecule has 1 aromatic heterocycles. The zero-order chi connectivity index (χ0) is 22.1. The Hall–Kier alpha value is -3.37. The van der Waals surface area contributed by atoms with Gasteiger partial charge in [0.25, 0.3) is 0 Å². The van der Waals surface area contributed by atoms with E-state index < -0.39 is 0 Å². The average Bonchev–Trinajstić information content (AvgIpc) is 2.76. The predicted molar refractivity (Wildman–Crippen MR) is 127 cm³/mol. The van der Waals surface area contributed by atoms with Gasteiger partial charge >= 0.3 is 0 Å². The van der Waals surface area contributed by atoms with Gasteiger partial charge in [-0.3, -0.25) is 0 Å². The quantitative estimate of drug-likeness (QED) is 0.568. The number of pyridine rings is 1. The molecule has 1 aliphatic heterocycles. The van der Waals surface area contributed by atoms with E-state index in [9.17, 15) is 5.26 Å². The third-order valence-corrected chi connectivity index (χ3v) is 6.80. The fourth-order valence-corrected chi connectivity index (χ4v) is 5.04. The van der Waals surface area contributed by atoms with E-state index in [1.807, 2.05) is 6.07 Å². The van der Waals surface area contributed by atoms with E-state index in [0.717, 1.165) is 35.0 Å². The Bertz CT molecular complexity index is 1170. The van der Waals surface area contributed by atoms with Crippen molar-refractivity contribution in [1.29, 1.82) is 5.26 Å². The average molecular weight is 432 g/mol. The first-order valence-corrected chi connectivity index (χ1v) is 11.1. The van der Waals surface area contributed by atoms with Crippen molar-refractivity contribution in [3.63, 3.8) is 0 Å². The van der Waals surface area contributed by atoms with Crippen LogP contribution in [0.3, 0.4) is 0 Å². The van der Waals surface area contributed by atoms with Gasteiger partial charge in [0.15, 0.2) is 0 Å². The fourth-order valence-electron chi connectivity index (χ4n) is 3.81. The Labute approximate surface area is 186 Å². The third kappa shape index (κ3) is 3.75. The first kappa shape index (κ1) is 20.9. The Morgan fingerprint density at radius 3 is 2.48 bits per heavy atom. The topological polar surface area (TPSA) is 101 Å². The number of hydrogen-bond acceptors (Lipinski definition) is 7. The Morgan fingerprint density at radius 2 is 1.84 bits per heavy atom. The normalized spacial score (nSPS) is 14.2. The smallest absolute Gasteiger partial charge is 0.228 e. The molecule has 1 aliphatic rings. The van der Waals surface area contributed by atoms with Gasteiger partial charge in [-0.05, 0) is 39.0 Å². The summed E-state index contributed by atoms with van der Waals surface area (Å²) in [4.78, 5) is 7.75. The van der Waals surface area contributed by atoms with Gasteiger partial charge in [-0.1, -0.05) is 23.8 Å². The molecule has 4 N–H and O–H groups in total. The van der Waals surface area contributed by atoms with Gasteiger partial charge < -0.3 is 21.1 Å². The summed E-state index contributed by atoms with van der Waals surface area (Å²) in [5, 5.41) is 9.38. The Balaban J connectivity index is 1.87. The Kier molecular flexibility index (Phi) is 5.66. The van der Waals surface area contributed by atoms with E-state index in [-0.39, 0.29) is 16.6 Å². The van der Waals surface area contributed by atoms with Crippen LogP contribution in [0.1, 0.15) is 41.4 Å². The molecule has 1 atom stereocenters. The van der Waals surface area contributed by atoms with Crippen LogP contribution in [0.15, 0.2) is 47.4 Å². The molecule has 2 heterocycles. The maximum Gasteiger partial charge on any atom is 0.228 e. The fraction of sp³-hybridized carbons (Fsp3) is 0.250. The lowest BCUT2D eigenvalue weighted by Gasteiger charge is -2.30. The first-order valence-electron chi connectivity index (χ1n) is 10.3. The molecule has 0 spiro atoms. The van der Waals surface area contributed by atoms with Crippen LogP contribution in [0.25, 0.3) is 0 Å². The first-order chi connectivity index (χ1) is 15.0. The van der Waals surface area contributed by atoms with E-state index in [4.69, 9.17) is 16.2 Å². The minimum atomic E-state index is -0.174. The minimum absolute atomic E-state index is 0.0844. The third-order valence-electron chi connectivity index (χ3n) is 5.53. The number of hydrogen-bond donors (Lipinski definition) is 2. The van der Waals surface area contributed by atoms with Crippen LogP contribution in [0, 0.1) is 18.3 Å². The highest BCUT2D eigenvalue weighted by Gasteiger charge is 2.34. The van der Waals surface area contributed by atoms with Crippen molar-refractivity contribution in [1.82, 2.24) is 4.98 Å². The summed E-state index contributed by atoms with van der Waals surface area (Å²) in [6, 6.07) is 16.7. The highest BCUT2D eigenvalue weighted by molar-refractivity contribution is 7.99. The highest BCUT2D eigenvalue weighted by atomic mass is 32.2. The molecule has 1 unspecified atom stereocenters. The van der Waals surface area contributed by atoms with Crippen molar-refractivity contribution in [2.45, 2.75) is 30.9 Å². The largest absolute Gasteiger partial charge is 0.438 e. The molecule has 6 nitrogen and oxygen atoms in total. The van der Waals surface area contributed by atoms with Crippen molar-refractivity contribution in [2.75, 3.05) is 29.5 Å². The molecule has 0 saturated carbocycles. The number of anilines is 3. The molecule has 3 aromatic rings. The molecule has 31 heavy (non-hydrogen) atoms. The molecule has 4 rings (SSSR count). The van der Waals surface area contributed by atoms with Crippen LogP contribution < -0.4 is 21.1 Å². The maximum absolute atomic E-state index is 9.55. The van der Waals surface area contributed by atoms with Gasteiger partial charge in [0.2, 0.25) is 5.88 Å². The number of nitrogen functional groups attached to an aromatic ring is 2. The lowest BCUT2D eigenvalue weighted by Crippen LogP contribution is -2.22. The van der Waals surface area contributed by atoms with Crippen molar-refractivity contribution in [2.24, 2.45) is 0 Å². The molecule has 0 aliphatic carbocycles. The van der Waals surface area contributed by atoms with Gasteiger partial charge in [-0.2, -0.15) is 10.2 Å². The van der Waals surface area contributed by atoms with Crippen molar-refractivity contribution in [3.8, 4) is 17.7 Å². The SMILES string of the molecule is CCN(CC)c1ccc2c(c1)Oc1nc(N)c(C#N)c(N)c1C2Sc1ccc(C)cc1. The van der Waals surface area contributed by atoms with Crippen LogP contribution in [0.2, 0.25) is 0 Å². The summed E-state index contributed by atoms with van der Waals surface area (Å²) in [6.45, 7) is 8.11. The van der Waals surface area contributed by atoms with Gasteiger partial charge in [-0.25, -0.2) is 0 Å². The molecule has 158 valence electrons. The van der Waals surface area contributed by atoms with Crippen LogP contribution in [0.5, 0.6) is 11.6 Å². The van der Waals surface area contributed by atoms with Crippen molar-refractivity contribution >= 4 is 29.0 Å². The molecule has 0 radical (unpaired) electrons. The van der Waals surface area contributed by atoms with Gasteiger partial charge in [0.1, 0.15) is 23.2 Å². The number of nitrogens with zero attached hydrogens (tertiary/aromatic N) is 3. The molecule has 2 aromatic carbocycles. The molecule has 7 heteroatoms. The van der Waals surface area contributed by atoms with E-state index in [2.05, 4.69) is 73.1 Å². The van der Waals surface area contributed by atoms with Crippen LogP contribution in [-0.2, 0) is 0 Å². The summed E-state index contributed by atoms with van der Waals surface area (Å²) in [7, 11) is 0. The summed E-state index contributed by atoms with van der Waals surface area (Å²) < 4.78 is 6.18. The number of fused-ring (bicyclic) bond motifs is 2. The highest BCUT2D eigenvalue weighted by Crippen LogP contribution is 2.54. The number of nitrogens with two attached hydrogens (primary N) is 2. The second kappa shape index (κ2) is 8.40. The van der Waals surface area contributed by atoms with Gasteiger partial charge in [0.05, 0.1) is 16.5 Å². The molecular formula is C24H25N5OS. The number of ether oxygens (including phenoxy) is 1. The summed E-state index contributed by atoms with van der Waals surface area (Å²) >= 11 is 1.66. The van der Waals surface area contributed by atoms with Crippen molar-refractivity contribution < 1.29 is 4.74 Å². The molecule has 0 bridgehead atoms. The number of nitriles is 1. The van der Waals surface area contributed by atoms with Crippen LogP contribution in [-0.4, -0.2) is 18.1 Å². The number of benzene rings is 2.